The quantitative estimate of drug-likeness (QED) is 0.932. The van der Waals surface area contributed by atoms with Crippen LogP contribution in [0, 0.1) is 13.8 Å². The van der Waals surface area contributed by atoms with Gasteiger partial charge < -0.3 is 19.3 Å². The van der Waals surface area contributed by atoms with Gasteiger partial charge in [-0.05, 0) is 26.0 Å². The highest BCUT2D eigenvalue weighted by Gasteiger charge is 2.21. The number of benzene rings is 1. The first kappa shape index (κ1) is 14.4. The van der Waals surface area contributed by atoms with Crippen LogP contribution in [0.3, 0.4) is 0 Å². The number of aromatic nitrogens is 1. The molecule has 6 nitrogen and oxygen atoms in total. The zero-order chi connectivity index (χ0) is 15.5. The minimum atomic E-state index is -0.191. The van der Waals surface area contributed by atoms with Crippen LogP contribution in [0.5, 0.6) is 11.5 Å². The molecule has 1 atom stereocenters. The summed E-state index contributed by atoms with van der Waals surface area (Å²) in [6.07, 6.45) is 0.0641. The minimum absolute atomic E-state index is 0.0862. The molecule has 1 N–H and O–H groups in total. The summed E-state index contributed by atoms with van der Waals surface area (Å²) >= 11 is 0. The summed E-state index contributed by atoms with van der Waals surface area (Å²) in [6.45, 7) is 4.45. The second-order valence-corrected chi connectivity index (χ2v) is 5.28. The lowest BCUT2D eigenvalue weighted by Gasteiger charge is -2.26. The van der Waals surface area contributed by atoms with Crippen molar-refractivity contribution in [2.45, 2.75) is 26.4 Å². The highest BCUT2D eigenvalue weighted by atomic mass is 16.6. The number of nitrogens with zero attached hydrogens (tertiary/aromatic N) is 1. The van der Waals surface area contributed by atoms with Crippen molar-refractivity contribution >= 4 is 5.91 Å². The smallest absolute Gasteiger partial charge is 0.224 e. The molecule has 0 saturated heterocycles. The summed E-state index contributed by atoms with van der Waals surface area (Å²) in [7, 11) is 0. The van der Waals surface area contributed by atoms with Crippen LogP contribution in [0.25, 0.3) is 0 Å². The molecule has 0 unspecified atom stereocenters. The Balaban J connectivity index is 1.52. The van der Waals surface area contributed by atoms with E-state index in [1.54, 1.807) is 6.92 Å². The molecule has 2 heterocycles. The van der Waals surface area contributed by atoms with Crippen LogP contribution in [0.15, 0.2) is 28.8 Å². The number of fused-ring (bicyclic) bond motifs is 1. The Morgan fingerprint density at radius 1 is 1.32 bits per heavy atom. The number of hydrogen-bond acceptors (Lipinski definition) is 5. The third kappa shape index (κ3) is 3.05. The highest BCUT2D eigenvalue weighted by Crippen LogP contribution is 2.30. The summed E-state index contributed by atoms with van der Waals surface area (Å²) in [5.74, 6) is 2.04. The topological polar surface area (TPSA) is 73.6 Å². The molecule has 116 valence electrons. The normalized spacial score (nSPS) is 16.4. The van der Waals surface area contributed by atoms with Crippen LogP contribution in [-0.4, -0.2) is 30.3 Å². The molecule has 0 saturated carbocycles. The van der Waals surface area contributed by atoms with Crippen LogP contribution >= 0.6 is 0 Å². The van der Waals surface area contributed by atoms with Gasteiger partial charge in [0.05, 0.1) is 18.7 Å². The molecule has 0 spiro atoms. The van der Waals surface area contributed by atoms with Crippen molar-refractivity contribution in [3.05, 3.63) is 41.3 Å². The predicted octanol–water partition coefficient (Wildman–Crippen LogP) is 1.79. The molecule has 3 rings (SSSR count). The van der Waals surface area contributed by atoms with Gasteiger partial charge in [-0.2, -0.15) is 0 Å². The van der Waals surface area contributed by atoms with E-state index in [0.29, 0.717) is 24.7 Å². The van der Waals surface area contributed by atoms with Gasteiger partial charge in [-0.3, -0.25) is 4.79 Å². The Morgan fingerprint density at radius 3 is 2.82 bits per heavy atom. The monoisotopic (exact) mass is 302 g/mol. The fourth-order valence-electron chi connectivity index (χ4n) is 2.37. The van der Waals surface area contributed by atoms with E-state index in [4.69, 9.17) is 14.0 Å². The first-order valence-corrected chi connectivity index (χ1v) is 7.20. The summed E-state index contributed by atoms with van der Waals surface area (Å²) in [5.41, 5.74) is 1.59. The molecule has 0 radical (unpaired) electrons. The number of hydrogen-bond donors (Lipinski definition) is 1. The van der Waals surface area contributed by atoms with Gasteiger partial charge in [0.25, 0.3) is 0 Å². The SMILES string of the molecule is Cc1noc(C)c1CC(=O)NC[C@H]1COc2ccccc2O1. The lowest BCUT2D eigenvalue weighted by molar-refractivity contribution is -0.121. The molecule has 1 aromatic carbocycles. The third-order valence-electron chi connectivity index (χ3n) is 3.61. The largest absolute Gasteiger partial charge is 0.486 e. The second kappa shape index (κ2) is 6.09. The van der Waals surface area contributed by atoms with Crippen molar-refractivity contribution in [1.29, 1.82) is 0 Å². The molecule has 6 heteroatoms. The van der Waals surface area contributed by atoms with E-state index in [-0.39, 0.29) is 18.4 Å². The van der Waals surface area contributed by atoms with Crippen LogP contribution in [0.2, 0.25) is 0 Å². The van der Waals surface area contributed by atoms with E-state index in [1.165, 1.54) is 0 Å². The number of para-hydroxylation sites is 2. The average Bonchev–Trinajstić information content (AvgIpc) is 2.84. The minimum Gasteiger partial charge on any atom is -0.486 e. The second-order valence-electron chi connectivity index (χ2n) is 5.28. The van der Waals surface area contributed by atoms with Crippen molar-refractivity contribution in [2.75, 3.05) is 13.2 Å². The zero-order valence-electron chi connectivity index (χ0n) is 12.6. The maximum atomic E-state index is 12.0. The van der Waals surface area contributed by atoms with Gasteiger partial charge in [-0.15, -0.1) is 0 Å². The Bertz CT molecular complexity index is 661. The predicted molar refractivity (Wildman–Crippen MR) is 79.0 cm³/mol. The summed E-state index contributed by atoms with van der Waals surface area (Å²) < 4.78 is 16.5. The zero-order valence-corrected chi connectivity index (χ0v) is 12.6. The maximum absolute atomic E-state index is 12.0. The van der Waals surface area contributed by atoms with Gasteiger partial charge >= 0.3 is 0 Å². The fraction of sp³-hybridized carbons (Fsp3) is 0.375. The lowest BCUT2D eigenvalue weighted by Crippen LogP contribution is -2.41. The Morgan fingerprint density at radius 2 is 2.09 bits per heavy atom. The van der Waals surface area contributed by atoms with E-state index >= 15 is 0 Å². The number of carbonyl (C=O) groups is 1. The van der Waals surface area contributed by atoms with Gasteiger partial charge in [-0.1, -0.05) is 17.3 Å². The van der Waals surface area contributed by atoms with Gasteiger partial charge in [0.2, 0.25) is 5.91 Å². The van der Waals surface area contributed by atoms with Crippen LogP contribution in [0.4, 0.5) is 0 Å². The van der Waals surface area contributed by atoms with E-state index in [0.717, 1.165) is 17.0 Å². The summed E-state index contributed by atoms with van der Waals surface area (Å²) in [5, 5.41) is 6.71. The van der Waals surface area contributed by atoms with Gasteiger partial charge in [0, 0.05) is 5.56 Å². The molecular weight excluding hydrogens is 284 g/mol. The number of ether oxygens (including phenoxy) is 2. The molecule has 1 aliphatic rings. The molecule has 0 aliphatic carbocycles. The first-order chi connectivity index (χ1) is 10.6. The third-order valence-corrected chi connectivity index (χ3v) is 3.61. The Labute approximate surface area is 128 Å². The molecule has 1 aromatic heterocycles. The van der Waals surface area contributed by atoms with E-state index in [1.807, 2.05) is 31.2 Å². The summed E-state index contributed by atoms with van der Waals surface area (Å²) in [4.78, 5) is 12.0. The van der Waals surface area contributed by atoms with Gasteiger partial charge in [-0.25, -0.2) is 0 Å². The lowest BCUT2D eigenvalue weighted by atomic mass is 10.1. The van der Waals surface area contributed by atoms with Crippen LogP contribution < -0.4 is 14.8 Å². The standard InChI is InChI=1S/C16H18N2O4/c1-10-13(11(2)22-18-10)7-16(19)17-8-12-9-20-14-5-3-4-6-15(14)21-12/h3-6,12H,7-9H2,1-2H3,(H,17,19)/t12-/m0/s1. The van der Waals surface area contributed by atoms with Crippen molar-refractivity contribution in [3.63, 3.8) is 0 Å². The van der Waals surface area contributed by atoms with Gasteiger partial charge in [0.1, 0.15) is 18.5 Å². The van der Waals surface area contributed by atoms with Gasteiger partial charge in [0.15, 0.2) is 11.5 Å². The highest BCUT2D eigenvalue weighted by molar-refractivity contribution is 5.79. The van der Waals surface area contributed by atoms with Crippen molar-refractivity contribution in [2.24, 2.45) is 0 Å². The number of nitrogens with one attached hydrogen (secondary N) is 1. The Kier molecular flexibility index (Phi) is 4.00. The molecule has 22 heavy (non-hydrogen) atoms. The maximum Gasteiger partial charge on any atom is 0.224 e. The average molecular weight is 302 g/mol. The van der Waals surface area contributed by atoms with Crippen molar-refractivity contribution < 1.29 is 18.8 Å². The van der Waals surface area contributed by atoms with Crippen molar-refractivity contribution in [3.8, 4) is 11.5 Å². The number of carbonyl (C=O) groups excluding carboxylic acids is 1. The first-order valence-electron chi connectivity index (χ1n) is 7.20. The number of rotatable bonds is 4. The number of aryl methyl sites for hydroxylation is 2. The Hall–Kier alpha value is -2.50. The molecular formula is C16H18N2O4. The van der Waals surface area contributed by atoms with Crippen LogP contribution in [-0.2, 0) is 11.2 Å². The fourth-order valence-corrected chi connectivity index (χ4v) is 2.37. The molecule has 2 aromatic rings. The molecule has 0 fully saturated rings. The van der Waals surface area contributed by atoms with E-state index in [2.05, 4.69) is 10.5 Å². The summed E-state index contributed by atoms with van der Waals surface area (Å²) in [6, 6.07) is 7.50. The molecule has 1 amide bonds. The van der Waals surface area contributed by atoms with E-state index in [9.17, 15) is 4.79 Å². The van der Waals surface area contributed by atoms with Crippen molar-refractivity contribution in [1.82, 2.24) is 10.5 Å². The number of amides is 1. The molecule has 1 aliphatic heterocycles. The van der Waals surface area contributed by atoms with E-state index < -0.39 is 0 Å². The van der Waals surface area contributed by atoms with Crippen LogP contribution in [0.1, 0.15) is 17.0 Å². The molecule has 0 bridgehead atoms.